The number of rotatable bonds is 3. The summed E-state index contributed by atoms with van der Waals surface area (Å²) in [5.74, 6) is -0.172. The van der Waals surface area contributed by atoms with E-state index in [0.29, 0.717) is 12.8 Å². The lowest BCUT2D eigenvalue weighted by molar-refractivity contribution is -0.163. The summed E-state index contributed by atoms with van der Waals surface area (Å²) in [5, 5.41) is 0. The molecule has 1 aliphatic rings. The van der Waals surface area contributed by atoms with Gasteiger partial charge in [-0.15, -0.1) is 0 Å². The molecule has 0 spiro atoms. The first-order valence-corrected chi connectivity index (χ1v) is 7.44. The lowest BCUT2D eigenvalue weighted by Crippen LogP contribution is -2.52. The number of ether oxygens (including phenoxy) is 1. The zero-order chi connectivity index (χ0) is 15.5. The van der Waals surface area contributed by atoms with Crippen molar-refractivity contribution in [2.24, 2.45) is 5.41 Å². The third kappa shape index (κ3) is 3.81. The minimum absolute atomic E-state index is 0.0408. The van der Waals surface area contributed by atoms with Crippen molar-refractivity contribution < 1.29 is 18.5 Å². The van der Waals surface area contributed by atoms with Gasteiger partial charge >= 0.3 is 12.1 Å². The molecule has 2 unspecified atom stereocenters. The number of carbonyl (C=O) groups is 2. The standard InChI is InChI=1S/C14H25NO4S/c1-6-14(4,5)12(16)18-11-7-9(2)15(10(3)8-11)13(17)19-20/h9-11,20H,6-8H2,1-5H3. The molecule has 1 amide bonds. The van der Waals surface area contributed by atoms with E-state index in [1.54, 1.807) is 4.90 Å². The number of hydrogen-bond acceptors (Lipinski definition) is 5. The summed E-state index contributed by atoms with van der Waals surface area (Å²) in [5.41, 5.74) is -0.465. The third-order valence-corrected chi connectivity index (χ3v) is 4.31. The van der Waals surface area contributed by atoms with Gasteiger partial charge in [-0.2, -0.15) is 0 Å². The van der Waals surface area contributed by atoms with Crippen molar-refractivity contribution in [3.8, 4) is 0 Å². The highest BCUT2D eigenvalue weighted by Gasteiger charge is 2.38. The Morgan fingerprint density at radius 2 is 1.75 bits per heavy atom. The molecule has 0 saturated carbocycles. The van der Waals surface area contributed by atoms with E-state index in [2.05, 4.69) is 17.1 Å². The molecule has 1 saturated heterocycles. The van der Waals surface area contributed by atoms with Crippen LogP contribution >= 0.6 is 12.9 Å². The second-order valence-electron chi connectivity index (χ2n) is 6.20. The maximum absolute atomic E-state index is 12.1. The number of esters is 1. The molecule has 0 N–H and O–H groups in total. The van der Waals surface area contributed by atoms with Crippen molar-refractivity contribution in [2.45, 2.75) is 72.1 Å². The number of carbonyl (C=O) groups excluding carboxylic acids is 2. The number of hydrogen-bond donors (Lipinski definition) is 1. The molecular weight excluding hydrogens is 278 g/mol. The molecule has 1 heterocycles. The summed E-state index contributed by atoms with van der Waals surface area (Å²) >= 11 is 3.56. The maximum Gasteiger partial charge on any atom is 0.422 e. The van der Waals surface area contributed by atoms with Crippen LogP contribution in [0.15, 0.2) is 0 Å². The van der Waals surface area contributed by atoms with Crippen molar-refractivity contribution in [2.75, 3.05) is 0 Å². The summed E-state index contributed by atoms with van der Waals surface area (Å²) < 4.78 is 10.1. The number of likely N-dealkylation sites (tertiary alicyclic amines) is 1. The SMILES string of the molecule is CCC(C)(C)C(=O)OC1CC(C)N(C(=O)OS)C(C)C1. The van der Waals surface area contributed by atoms with Crippen LogP contribution in [-0.4, -0.2) is 35.2 Å². The summed E-state index contributed by atoms with van der Waals surface area (Å²) in [6.45, 7) is 9.58. The number of thiol groups is 1. The number of amides is 1. The molecule has 0 aromatic rings. The molecule has 2 atom stereocenters. The first-order chi connectivity index (χ1) is 9.22. The van der Waals surface area contributed by atoms with Crippen LogP contribution in [0.2, 0.25) is 0 Å². The second kappa shape index (κ2) is 6.70. The predicted octanol–water partition coefficient (Wildman–Crippen LogP) is 3.19. The quantitative estimate of drug-likeness (QED) is 0.494. The van der Waals surface area contributed by atoms with Crippen LogP contribution in [-0.2, 0) is 13.7 Å². The minimum atomic E-state index is -0.465. The van der Waals surface area contributed by atoms with Crippen LogP contribution in [0, 0.1) is 5.41 Å². The van der Waals surface area contributed by atoms with Gasteiger partial charge in [0.15, 0.2) is 0 Å². The molecule has 1 rings (SSSR count). The fraction of sp³-hybridized carbons (Fsp3) is 0.857. The Bertz CT molecular complexity index is 360. The van der Waals surface area contributed by atoms with Crippen LogP contribution in [0.4, 0.5) is 4.79 Å². The van der Waals surface area contributed by atoms with Gasteiger partial charge in [0.05, 0.1) is 5.41 Å². The minimum Gasteiger partial charge on any atom is -0.462 e. The molecule has 20 heavy (non-hydrogen) atoms. The topological polar surface area (TPSA) is 55.8 Å². The second-order valence-corrected chi connectivity index (χ2v) is 6.38. The van der Waals surface area contributed by atoms with Crippen molar-refractivity contribution in [3.63, 3.8) is 0 Å². The van der Waals surface area contributed by atoms with Gasteiger partial charge in [-0.25, -0.2) is 4.79 Å². The van der Waals surface area contributed by atoms with Crippen LogP contribution in [0.25, 0.3) is 0 Å². The van der Waals surface area contributed by atoms with Gasteiger partial charge in [0.1, 0.15) is 6.10 Å². The van der Waals surface area contributed by atoms with Crippen molar-refractivity contribution in [3.05, 3.63) is 0 Å². The van der Waals surface area contributed by atoms with Crippen molar-refractivity contribution in [1.82, 2.24) is 4.90 Å². The van der Waals surface area contributed by atoms with E-state index in [-0.39, 0.29) is 24.2 Å². The van der Waals surface area contributed by atoms with Gasteiger partial charge in [0.25, 0.3) is 0 Å². The van der Waals surface area contributed by atoms with Crippen LogP contribution in [0.5, 0.6) is 0 Å². The molecule has 0 radical (unpaired) electrons. The molecule has 0 bridgehead atoms. The lowest BCUT2D eigenvalue weighted by Gasteiger charge is -2.41. The summed E-state index contributed by atoms with van der Waals surface area (Å²) in [6.07, 6.45) is 1.38. The van der Waals surface area contributed by atoms with Gasteiger partial charge in [0.2, 0.25) is 0 Å². The van der Waals surface area contributed by atoms with Crippen LogP contribution in [0.3, 0.4) is 0 Å². The Labute approximate surface area is 126 Å². The first-order valence-electron chi connectivity index (χ1n) is 7.07. The number of nitrogens with zero attached hydrogens (tertiary/aromatic N) is 1. The Hall–Kier alpha value is -0.910. The molecule has 0 aromatic heterocycles. The van der Waals surface area contributed by atoms with Gasteiger partial charge in [-0.05, 0) is 34.1 Å². The van der Waals surface area contributed by atoms with E-state index in [4.69, 9.17) is 4.74 Å². The Balaban J connectivity index is 2.66. The Morgan fingerprint density at radius 1 is 1.25 bits per heavy atom. The largest absolute Gasteiger partial charge is 0.462 e. The molecular formula is C14H25NO4S. The Morgan fingerprint density at radius 3 is 2.15 bits per heavy atom. The van der Waals surface area contributed by atoms with Crippen molar-refractivity contribution in [1.29, 1.82) is 0 Å². The zero-order valence-electron chi connectivity index (χ0n) is 12.9. The van der Waals surface area contributed by atoms with E-state index < -0.39 is 11.5 Å². The molecule has 0 aromatic carbocycles. The number of piperidine rings is 1. The average Bonchev–Trinajstić information content (AvgIpc) is 2.37. The normalized spacial score (nSPS) is 27.1. The highest BCUT2D eigenvalue weighted by atomic mass is 32.1. The molecule has 5 nitrogen and oxygen atoms in total. The highest BCUT2D eigenvalue weighted by Crippen LogP contribution is 2.29. The maximum atomic E-state index is 12.1. The summed E-state index contributed by atoms with van der Waals surface area (Å²) in [6, 6.07) is -0.0816. The molecule has 1 aliphatic heterocycles. The van der Waals surface area contributed by atoms with Gasteiger partial charge in [0, 0.05) is 37.8 Å². The van der Waals surface area contributed by atoms with Crippen molar-refractivity contribution >= 4 is 25.0 Å². The summed E-state index contributed by atoms with van der Waals surface area (Å²) in [7, 11) is 0. The van der Waals surface area contributed by atoms with Gasteiger partial charge in [-0.1, -0.05) is 6.92 Å². The molecule has 6 heteroatoms. The van der Waals surface area contributed by atoms with E-state index in [0.717, 1.165) is 6.42 Å². The zero-order valence-corrected chi connectivity index (χ0v) is 13.8. The van der Waals surface area contributed by atoms with E-state index in [1.165, 1.54) is 0 Å². The average molecular weight is 303 g/mol. The fourth-order valence-corrected chi connectivity index (χ4v) is 2.57. The lowest BCUT2D eigenvalue weighted by atomic mass is 9.90. The predicted molar refractivity (Wildman–Crippen MR) is 79.4 cm³/mol. The molecule has 116 valence electrons. The van der Waals surface area contributed by atoms with Crippen LogP contribution < -0.4 is 0 Å². The van der Waals surface area contributed by atoms with E-state index >= 15 is 0 Å². The van der Waals surface area contributed by atoms with E-state index in [1.807, 2.05) is 34.6 Å². The third-order valence-electron chi connectivity index (χ3n) is 4.16. The highest BCUT2D eigenvalue weighted by molar-refractivity contribution is 7.75. The smallest absolute Gasteiger partial charge is 0.422 e. The van der Waals surface area contributed by atoms with E-state index in [9.17, 15) is 9.59 Å². The van der Waals surface area contributed by atoms with Gasteiger partial charge in [-0.3, -0.25) is 4.79 Å². The fourth-order valence-electron chi connectivity index (χ4n) is 2.48. The van der Waals surface area contributed by atoms with Gasteiger partial charge < -0.3 is 13.8 Å². The monoisotopic (exact) mass is 303 g/mol. The Kier molecular flexibility index (Phi) is 5.74. The summed E-state index contributed by atoms with van der Waals surface area (Å²) in [4.78, 5) is 25.4. The molecule has 0 aliphatic carbocycles. The molecule has 1 fully saturated rings. The van der Waals surface area contributed by atoms with Crippen LogP contribution in [0.1, 0.15) is 53.9 Å². The first kappa shape index (κ1) is 17.1.